The molecule has 100 valence electrons. The first kappa shape index (κ1) is 14.5. The predicted octanol–water partition coefficient (Wildman–Crippen LogP) is 0.191. The van der Waals surface area contributed by atoms with Crippen LogP contribution >= 0.6 is 0 Å². The number of likely N-dealkylation sites (N-methyl/N-ethyl adjacent to an activating group) is 1. The molecule has 0 atom stereocenters. The van der Waals surface area contributed by atoms with Crippen LogP contribution in [-0.2, 0) is 14.8 Å². The van der Waals surface area contributed by atoms with Gasteiger partial charge in [-0.2, -0.15) is 0 Å². The molecule has 1 aromatic rings. The van der Waals surface area contributed by atoms with E-state index in [4.69, 9.17) is 9.88 Å². The standard InChI is InChI=1S/C11H16N2O4S/c1-3-13(2)11(14)8-17-9-4-6-10(7-5-9)18(12,15)16/h4-7H,3,8H2,1-2H3,(H2,12,15,16). The molecule has 6 nitrogen and oxygen atoms in total. The lowest BCUT2D eigenvalue weighted by Gasteiger charge is -2.14. The Morgan fingerprint density at radius 1 is 1.33 bits per heavy atom. The fourth-order valence-electron chi connectivity index (χ4n) is 1.16. The lowest BCUT2D eigenvalue weighted by molar-refractivity contribution is -0.131. The lowest BCUT2D eigenvalue weighted by atomic mass is 10.3. The lowest BCUT2D eigenvalue weighted by Crippen LogP contribution is -2.31. The number of nitrogens with two attached hydrogens (primary N) is 1. The number of amides is 1. The molecule has 18 heavy (non-hydrogen) atoms. The second-order valence-electron chi connectivity index (χ2n) is 3.71. The van der Waals surface area contributed by atoms with E-state index in [0.717, 1.165) is 0 Å². The average molecular weight is 272 g/mol. The first-order chi connectivity index (χ1) is 8.34. The van der Waals surface area contributed by atoms with E-state index in [2.05, 4.69) is 0 Å². The number of sulfonamides is 1. The summed E-state index contributed by atoms with van der Waals surface area (Å²) in [6.45, 7) is 2.38. The highest BCUT2D eigenvalue weighted by Crippen LogP contribution is 2.14. The zero-order chi connectivity index (χ0) is 13.8. The fourth-order valence-corrected chi connectivity index (χ4v) is 1.67. The maximum atomic E-state index is 11.5. The summed E-state index contributed by atoms with van der Waals surface area (Å²) < 4.78 is 27.3. The molecule has 7 heteroatoms. The smallest absolute Gasteiger partial charge is 0.260 e. The summed E-state index contributed by atoms with van der Waals surface area (Å²) in [5.41, 5.74) is 0. The summed E-state index contributed by atoms with van der Waals surface area (Å²) in [6.07, 6.45) is 0. The Morgan fingerprint density at radius 2 is 1.89 bits per heavy atom. The van der Waals surface area contributed by atoms with Gasteiger partial charge in [0.25, 0.3) is 5.91 Å². The minimum absolute atomic E-state index is 0.00635. The third-order valence-corrected chi connectivity index (χ3v) is 3.34. The van der Waals surface area contributed by atoms with E-state index in [1.165, 1.54) is 29.2 Å². The third kappa shape index (κ3) is 4.01. The Hall–Kier alpha value is -1.60. The molecule has 0 bridgehead atoms. The molecule has 2 N–H and O–H groups in total. The second kappa shape index (κ2) is 5.83. The minimum Gasteiger partial charge on any atom is -0.484 e. The summed E-state index contributed by atoms with van der Waals surface area (Å²) in [5.74, 6) is 0.272. The van der Waals surface area contributed by atoms with Crippen LogP contribution in [0.15, 0.2) is 29.2 Å². The molecule has 1 amide bonds. The zero-order valence-corrected chi connectivity index (χ0v) is 11.1. The van der Waals surface area contributed by atoms with Crippen molar-refractivity contribution in [2.24, 2.45) is 5.14 Å². The summed E-state index contributed by atoms with van der Waals surface area (Å²) in [6, 6.07) is 5.58. The summed E-state index contributed by atoms with van der Waals surface area (Å²) >= 11 is 0. The number of hydrogen-bond donors (Lipinski definition) is 1. The molecule has 0 saturated carbocycles. The van der Waals surface area contributed by atoms with Gasteiger partial charge in [-0.25, -0.2) is 13.6 Å². The predicted molar refractivity (Wildman–Crippen MR) is 66.6 cm³/mol. The zero-order valence-electron chi connectivity index (χ0n) is 10.3. The molecule has 0 aromatic heterocycles. The van der Waals surface area contributed by atoms with Gasteiger partial charge in [-0.05, 0) is 31.2 Å². The highest BCUT2D eigenvalue weighted by molar-refractivity contribution is 7.89. The summed E-state index contributed by atoms with van der Waals surface area (Å²) in [4.78, 5) is 13.0. The third-order valence-electron chi connectivity index (χ3n) is 2.41. The van der Waals surface area contributed by atoms with Gasteiger partial charge in [0.05, 0.1) is 4.90 Å². The van der Waals surface area contributed by atoms with E-state index < -0.39 is 10.0 Å². The van der Waals surface area contributed by atoms with Gasteiger partial charge >= 0.3 is 0 Å². The van der Waals surface area contributed by atoms with Crippen molar-refractivity contribution in [2.75, 3.05) is 20.2 Å². The number of carbonyl (C=O) groups excluding carboxylic acids is 1. The molecule has 1 aromatic carbocycles. The molecule has 0 saturated heterocycles. The van der Waals surface area contributed by atoms with Crippen molar-refractivity contribution in [3.8, 4) is 5.75 Å². The number of rotatable bonds is 5. The van der Waals surface area contributed by atoms with Gasteiger partial charge in [-0.15, -0.1) is 0 Å². The largest absolute Gasteiger partial charge is 0.484 e. The maximum Gasteiger partial charge on any atom is 0.260 e. The van der Waals surface area contributed by atoms with Crippen LogP contribution in [0.2, 0.25) is 0 Å². The SMILES string of the molecule is CCN(C)C(=O)COc1ccc(S(N)(=O)=O)cc1. The molecule has 0 aliphatic rings. The van der Waals surface area contributed by atoms with Crippen molar-refractivity contribution in [2.45, 2.75) is 11.8 Å². The monoisotopic (exact) mass is 272 g/mol. The van der Waals surface area contributed by atoms with Gasteiger partial charge in [0.2, 0.25) is 10.0 Å². The molecular weight excluding hydrogens is 256 g/mol. The van der Waals surface area contributed by atoms with E-state index in [9.17, 15) is 13.2 Å². The van der Waals surface area contributed by atoms with Crippen molar-refractivity contribution >= 4 is 15.9 Å². The van der Waals surface area contributed by atoms with Crippen molar-refractivity contribution in [3.05, 3.63) is 24.3 Å². The molecule has 0 radical (unpaired) electrons. The first-order valence-electron chi connectivity index (χ1n) is 5.34. The van der Waals surface area contributed by atoms with Crippen LogP contribution in [0.1, 0.15) is 6.92 Å². The van der Waals surface area contributed by atoms with Crippen molar-refractivity contribution in [1.82, 2.24) is 4.90 Å². The van der Waals surface area contributed by atoms with Crippen molar-refractivity contribution in [3.63, 3.8) is 0 Å². The van der Waals surface area contributed by atoms with E-state index in [0.29, 0.717) is 12.3 Å². The number of ether oxygens (including phenoxy) is 1. The molecule has 1 rings (SSSR count). The van der Waals surface area contributed by atoms with Gasteiger partial charge in [-0.1, -0.05) is 0 Å². The summed E-state index contributed by atoms with van der Waals surface area (Å²) in [5, 5.41) is 4.96. The normalized spacial score (nSPS) is 11.1. The number of benzene rings is 1. The molecule has 0 fully saturated rings. The molecule has 0 aliphatic heterocycles. The van der Waals surface area contributed by atoms with Crippen LogP contribution in [-0.4, -0.2) is 39.4 Å². The topological polar surface area (TPSA) is 89.7 Å². The van der Waals surface area contributed by atoms with E-state index in [-0.39, 0.29) is 17.4 Å². The Morgan fingerprint density at radius 3 is 2.33 bits per heavy atom. The van der Waals surface area contributed by atoms with E-state index in [1.54, 1.807) is 7.05 Å². The average Bonchev–Trinajstić information content (AvgIpc) is 2.34. The summed E-state index contributed by atoms with van der Waals surface area (Å²) in [7, 11) is -2.02. The Bertz CT molecular complexity index is 510. The number of nitrogens with zero attached hydrogens (tertiary/aromatic N) is 1. The van der Waals surface area contributed by atoms with Crippen LogP contribution in [0.3, 0.4) is 0 Å². The van der Waals surface area contributed by atoms with Gasteiger partial charge in [-0.3, -0.25) is 4.79 Å². The van der Waals surface area contributed by atoms with Crippen LogP contribution < -0.4 is 9.88 Å². The first-order valence-corrected chi connectivity index (χ1v) is 6.89. The number of primary sulfonamides is 1. The van der Waals surface area contributed by atoms with Crippen molar-refractivity contribution in [1.29, 1.82) is 0 Å². The highest BCUT2D eigenvalue weighted by atomic mass is 32.2. The molecule has 0 unspecified atom stereocenters. The van der Waals surface area contributed by atoms with Crippen LogP contribution in [0.5, 0.6) is 5.75 Å². The molecule has 0 heterocycles. The number of carbonyl (C=O) groups is 1. The maximum absolute atomic E-state index is 11.5. The Balaban J connectivity index is 2.63. The van der Waals surface area contributed by atoms with E-state index >= 15 is 0 Å². The second-order valence-corrected chi connectivity index (χ2v) is 5.27. The molecule has 0 spiro atoms. The minimum atomic E-state index is -3.70. The Labute approximate surface area is 106 Å². The van der Waals surface area contributed by atoms with Crippen LogP contribution in [0.25, 0.3) is 0 Å². The fraction of sp³-hybridized carbons (Fsp3) is 0.364. The number of hydrogen-bond acceptors (Lipinski definition) is 4. The van der Waals surface area contributed by atoms with Gasteiger partial charge in [0, 0.05) is 13.6 Å². The van der Waals surface area contributed by atoms with Gasteiger partial charge in [0.1, 0.15) is 5.75 Å². The van der Waals surface area contributed by atoms with Crippen LogP contribution in [0.4, 0.5) is 0 Å². The van der Waals surface area contributed by atoms with Crippen LogP contribution in [0, 0.1) is 0 Å². The quantitative estimate of drug-likeness (QED) is 0.828. The van der Waals surface area contributed by atoms with E-state index in [1.807, 2.05) is 6.92 Å². The molecular formula is C11H16N2O4S. The highest BCUT2D eigenvalue weighted by Gasteiger charge is 2.09. The Kier molecular flexibility index (Phi) is 4.69. The van der Waals surface area contributed by atoms with Crippen molar-refractivity contribution < 1.29 is 17.9 Å². The van der Waals surface area contributed by atoms with Gasteiger partial charge in [0.15, 0.2) is 6.61 Å². The van der Waals surface area contributed by atoms with Gasteiger partial charge < -0.3 is 9.64 Å². The molecule has 0 aliphatic carbocycles.